The molecule has 2 nitrogen and oxygen atoms in total. The van der Waals surface area contributed by atoms with Gasteiger partial charge >= 0.3 is 0 Å². The van der Waals surface area contributed by atoms with Crippen LogP contribution < -0.4 is 10.1 Å². The molecule has 0 N–H and O–H groups in total. The smallest absolute Gasteiger partial charge is 0.120 e. The molecule has 1 radical (unpaired) electrons. The molecule has 15 heavy (non-hydrogen) atoms. The van der Waals surface area contributed by atoms with Crippen LogP contribution in [0, 0.1) is 13.8 Å². The van der Waals surface area contributed by atoms with Crippen molar-refractivity contribution in [3.63, 3.8) is 0 Å². The Hall–Kier alpha value is -1.02. The van der Waals surface area contributed by atoms with Gasteiger partial charge in [-0.05, 0) is 49.9 Å². The second-order valence-electron chi connectivity index (χ2n) is 4.23. The first kappa shape index (κ1) is 10.5. The molecule has 1 aliphatic rings. The van der Waals surface area contributed by atoms with Crippen molar-refractivity contribution in [1.29, 1.82) is 0 Å². The zero-order valence-corrected chi connectivity index (χ0v) is 9.49. The second-order valence-corrected chi connectivity index (χ2v) is 4.23. The van der Waals surface area contributed by atoms with E-state index < -0.39 is 0 Å². The highest BCUT2D eigenvalue weighted by Crippen LogP contribution is 2.20. The molecule has 0 aromatic heterocycles. The Balaban J connectivity index is 2.00. The Bertz CT molecular complexity index is 329. The van der Waals surface area contributed by atoms with Crippen LogP contribution in [0.3, 0.4) is 0 Å². The lowest BCUT2D eigenvalue weighted by Gasteiger charge is -2.23. The van der Waals surface area contributed by atoms with Gasteiger partial charge in [0, 0.05) is 13.1 Å². The van der Waals surface area contributed by atoms with E-state index in [1.807, 2.05) is 0 Å². The summed E-state index contributed by atoms with van der Waals surface area (Å²) >= 11 is 0. The van der Waals surface area contributed by atoms with Gasteiger partial charge in [-0.25, -0.2) is 5.32 Å². The molecule has 1 aromatic carbocycles. The molecule has 0 unspecified atom stereocenters. The molecule has 81 valence electrons. The normalized spacial score (nSPS) is 17.7. The zero-order chi connectivity index (χ0) is 10.7. The summed E-state index contributed by atoms with van der Waals surface area (Å²) in [5.41, 5.74) is 2.62. The molecular weight excluding hydrogens is 186 g/mol. The highest BCUT2D eigenvalue weighted by molar-refractivity contribution is 5.33. The summed E-state index contributed by atoms with van der Waals surface area (Å²) in [4.78, 5) is 0. The van der Waals surface area contributed by atoms with Gasteiger partial charge in [-0.15, -0.1) is 0 Å². The Kier molecular flexibility index (Phi) is 3.27. The van der Waals surface area contributed by atoms with E-state index in [9.17, 15) is 0 Å². The van der Waals surface area contributed by atoms with Crippen molar-refractivity contribution in [1.82, 2.24) is 5.32 Å². The first-order valence-corrected chi connectivity index (χ1v) is 5.63. The SMILES string of the molecule is Cc1ccc(OC2CC[N]CC2)cc1C. The molecule has 1 fully saturated rings. The number of hydrogen-bond donors (Lipinski definition) is 0. The first-order chi connectivity index (χ1) is 7.25. The van der Waals surface area contributed by atoms with Crippen molar-refractivity contribution >= 4 is 0 Å². The van der Waals surface area contributed by atoms with Crippen LogP contribution in [0.4, 0.5) is 0 Å². The number of aryl methyl sites for hydroxylation is 2. The molecule has 1 aromatic rings. The van der Waals surface area contributed by atoms with Crippen LogP contribution in [-0.4, -0.2) is 19.2 Å². The van der Waals surface area contributed by atoms with Crippen LogP contribution >= 0.6 is 0 Å². The molecule has 1 aliphatic heterocycles. The predicted molar refractivity (Wildman–Crippen MR) is 61.4 cm³/mol. The Morgan fingerprint density at radius 1 is 1.13 bits per heavy atom. The number of rotatable bonds is 2. The van der Waals surface area contributed by atoms with E-state index in [4.69, 9.17) is 4.74 Å². The van der Waals surface area contributed by atoms with E-state index in [0.29, 0.717) is 6.10 Å². The van der Waals surface area contributed by atoms with Gasteiger partial charge in [0.25, 0.3) is 0 Å². The van der Waals surface area contributed by atoms with Gasteiger partial charge in [-0.3, -0.25) is 0 Å². The van der Waals surface area contributed by atoms with Gasteiger partial charge in [-0.1, -0.05) is 6.07 Å². The monoisotopic (exact) mass is 204 g/mol. The van der Waals surface area contributed by atoms with Gasteiger partial charge in [-0.2, -0.15) is 0 Å². The molecule has 1 heterocycles. The number of piperidine rings is 1. The maximum absolute atomic E-state index is 5.93. The number of hydrogen-bond acceptors (Lipinski definition) is 1. The Morgan fingerprint density at radius 3 is 2.53 bits per heavy atom. The van der Waals surface area contributed by atoms with Crippen LogP contribution in [0.25, 0.3) is 0 Å². The van der Waals surface area contributed by atoms with Crippen LogP contribution in [0.5, 0.6) is 5.75 Å². The predicted octanol–water partition coefficient (Wildman–Crippen LogP) is 2.45. The average Bonchev–Trinajstić information content (AvgIpc) is 2.25. The lowest BCUT2D eigenvalue weighted by Crippen LogP contribution is -2.30. The molecule has 0 aliphatic carbocycles. The first-order valence-electron chi connectivity index (χ1n) is 5.63. The lowest BCUT2D eigenvalue weighted by atomic mass is 10.1. The fourth-order valence-electron chi connectivity index (χ4n) is 1.82. The summed E-state index contributed by atoms with van der Waals surface area (Å²) in [7, 11) is 0. The van der Waals surface area contributed by atoms with E-state index in [0.717, 1.165) is 31.7 Å². The van der Waals surface area contributed by atoms with Gasteiger partial charge in [0.1, 0.15) is 11.9 Å². The Morgan fingerprint density at radius 2 is 1.87 bits per heavy atom. The topological polar surface area (TPSA) is 23.3 Å². The maximum atomic E-state index is 5.93. The molecule has 0 amide bonds. The molecule has 0 atom stereocenters. The van der Waals surface area contributed by atoms with Crippen molar-refractivity contribution in [3.05, 3.63) is 29.3 Å². The maximum Gasteiger partial charge on any atom is 0.120 e. The van der Waals surface area contributed by atoms with Crippen molar-refractivity contribution in [3.8, 4) is 5.75 Å². The molecule has 1 saturated heterocycles. The van der Waals surface area contributed by atoms with Gasteiger partial charge in [0.05, 0.1) is 0 Å². The van der Waals surface area contributed by atoms with Crippen molar-refractivity contribution in [2.75, 3.05) is 13.1 Å². The summed E-state index contributed by atoms with van der Waals surface area (Å²) in [6.07, 6.45) is 2.49. The largest absolute Gasteiger partial charge is 0.490 e. The number of benzene rings is 1. The van der Waals surface area contributed by atoms with Crippen molar-refractivity contribution < 1.29 is 4.74 Å². The second kappa shape index (κ2) is 4.67. The van der Waals surface area contributed by atoms with Crippen molar-refractivity contribution in [2.45, 2.75) is 32.8 Å². The van der Waals surface area contributed by atoms with E-state index in [-0.39, 0.29) is 0 Å². The summed E-state index contributed by atoms with van der Waals surface area (Å²) in [6.45, 7) is 6.15. The fourth-order valence-corrected chi connectivity index (χ4v) is 1.82. The number of nitrogens with zero attached hydrogens (tertiary/aromatic N) is 1. The minimum Gasteiger partial charge on any atom is -0.490 e. The lowest BCUT2D eigenvalue weighted by molar-refractivity contribution is 0.161. The molecule has 2 heteroatoms. The Labute approximate surface area is 91.6 Å². The van der Waals surface area contributed by atoms with Crippen LogP contribution in [0.2, 0.25) is 0 Å². The quantitative estimate of drug-likeness (QED) is 0.725. The standard InChI is InChI=1S/C13H18NO/c1-10-3-4-13(9-11(10)2)15-12-5-7-14-8-6-12/h3-4,9,12H,5-8H2,1-2H3. The van der Waals surface area contributed by atoms with Crippen molar-refractivity contribution in [2.24, 2.45) is 0 Å². The third-order valence-electron chi connectivity index (χ3n) is 3.00. The summed E-state index contributed by atoms with van der Waals surface area (Å²) < 4.78 is 5.93. The molecule has 2 rings (SSSR count). The minimum absolute atomic E-state index is 0.365. The zero-order valence-electron chi connectivity index (χ0n) is 9.49. The highest BCUT2D eigenvalue weighted by atomic mass is 16.5. The van der Waals surface area contributed by atoms with Crippen LogP contribution in [0.15, 0.2) is 18.2 Å². The highest BCUT2D eigenvalue weighted by Gasteiger charge is 2.15. The molecular formula is C13H18NO. The van der Waals surface area contributed by atoms with E-state index >= 15 is 0 Å². The van der Waals surface area contributed by atoms with Crippen LogP contribution in [-0.2, 0) is 0 Å². The third kappa shape index (κ3) is 2.72. The fraction of sp³-hybridized carbons (Fsp3) is 0.538. The molecule has 0 bridgehead atoms. The van der Waals surface area contributed by atoms with Gasteiger partial charge in [0.15, 0.2) is 0 Å². The molecule has 0 spiro atoms. The van der Waals surface area contributed by atoms with Gasteiger partial charge in [0.2, 0.25) is 0 Å². The summed E-state index contributed by atoms with van der Waals surface area (Å²) in [5, 5.41) is 4.32. The average molecular weight is 204 g/mol. The number of ether oxygens (including phenoxy) is 1. The minimum atomic E-state index is 0.365. The van der Waals surface area contributed by atoms with E-state index in [1.54, 1.807) is 0 Å². The molecule has 0 saturated carbocycles. The summed E-state index contributed by atoms with van der Waals surface area (Å²) in [5.74, 6) is 1.00. The van der Waals surface area contributed by atoms with Gasteiger partial charge < -0.3 is 4.74 Å². The summed E-state index contributed by atoms with van der Waals surface area (Å²) in [6, 6.07) is 6.31. The van der Waals surface area contributed by atoms with Crippen LogP contribution in [0.1, 0.15) is 24.0 Å². The van der Waals surface area contributed by atoms with E-state index in [1.165, 1.54) is 11.1 Å². The van der Waals surface area contributed by atoms with E-state index in [2.05, 4.69) is 37.4 Å². The third-order valence-corrected chi connectivity index (χ3v) is 3.00.